The van der Waals surface area contributed by atoms with E-state index in [1.165, 1.54) is 51.4 Å². The number of rotatable bonds is 1. The molecule has 19 rings (SSSR count). The van der Waals surface area contributed by atoms with E-state index in [1.807, 2.05) is 97.1 Å². The van der Waals surface area contributed by atoms with Gasteiger partial charge in [-0.2, -0.15) is 0 Å². The van der Waals surface area contributed by atoms with Gasteiger partial charge in [0.15, 0.2) is 0 Å². The van der Waals surface area contributed by atoms with Gasteiger partial charge in [0.1, 0.15) is 19.0 Å². The Kier molecular flexibility index (Phi) is 27.1. The van der Waals surface area contributed by atoms with E-state index >= 15 is 0 Å². The molecule has 0 atom stereocenters. The van der Waals surface area contributed by atoms with Gasteiger partial charge in [-0.25, -0.2) is 15.0 Å². The van der Waals surface area contributed by atoms with Crippen LogP contribution >= 0.6 is 0 Å². The van der Waals surface area contributed by atoms with Crippen molar-refractivity contribution in [1.29, 1.82) is 0 Å². The zero-order valence-corrected chi connectivity index (χ0v) is 65.9. The van der Waals surface area contributed by atoms with E-state index < -0.39 is 0 Å². The Hall–Kier alpha value is -9.69. The first kappa shape index (κ1) is 77.1. The fourth-order valence-corrected chi connectivity index (χ4v) is 10.6. The van der Waals surface area contributed by atoms with Crippen LogP contribution in [0.5, 0.6) is 0 Å². The van der Waals surface area contributed by atoms with Crippen LogP contribution in [0, 0.1) is 36.7 Å². The maximum Gasteiger partial charge on any atom is 0.249 e. The molecule has 511 valence electrons. The summed E-state index contributed by atoms with van der Waals surface area (Å²) in [6.45, 7) is 0. The van der Waals surface area contributed by atoms with E-state index in [-0.39, 0.29) is 140 Å². The Morgan fingerprint density at radius 2 is 0.743 bits per heavy atom. The van der Waals surface area contributed by atoms with Crippen molar-refractivity contribution in [3.05, 3.63) is 289 Å². The zero-order chi connectivity index (χ0) is 64.6. The number of hydrogen-bond acceptors (Lipinski definition) is 20. The monoisotopic (exact) mass is 2400 g/mol. The summed E-state index contributed by atoms with van der Waals surface area (Å²) >= 11 is 0. The molecule has 3 radical (unpaired) electrons. The van der Waals surface area contributed by atoms with Gasteiger partial charge in [-0.3, -0.25) is 29.3 Å². The summed E-state index contributed by atoms with van der Waals surface area (Å²) in [6.07, 6.45) is 29.8. The van der Waals surface area contributed by atoms with Crippen molar-refractivity contribution in [3.8, 4) is 5.69 Å². The normalized spacial score (nSPS) is 10.3. The molecule has 0 N–H and O–H groups in total. The Balaban J connectivity index is 0.000000153. The molecule has 0 amide bonds. The molecule has 29 heteroatoms. The van der Waals surface area contributed by atoms with Crippen LogP contribution in [0.3, 0.4) is 0 Å². The number of pyridine rings is 10. The van der Waals surface area contributed by atoms with E-state index in [0.29, 0.717) is 55.0 Å². The molecule has 0 saturated heterocycles. The summed E-state index contributed by atoms with van der Waals surface area (Å²) in [7, 11) is 3.38. The van der Waals surface area contributed by atoms with Crippen molar-refractivity contribution >= 4 is 131 Å². The summed E-state index contributed by atoms with van der Waals surface area (Å²) in [5, 5.41) is 9.67. The average molecular weight is 2400 g/mol. The molecule has 0 unspecified atom stereocenters. The van der Waals surface area contributed by atoms with Gasteiger partial charge < -0.3 is 68.5 Å². The van der Waals surface area contributed by atoms with Crippen molar-refractivity contribution in [2.45, 2.75) is 0 Å². The summed E-state index contributed by atoms with van der Waals surface area (Å²) in [6, 6.07) is 52.1. The Morgan fingerprint density at radius 1 is 0.317 bits per heavy atom. The average Bonchev–Trinajstić information content (AvgIpc) is 0.776. The smallest absolute Gasteiger partial charge is 0.249 e. The maximum absolute atomic E-state index is 12.8. The first-order chi connectivity index (χ1) is 46.8. The minimum absolute atomic E-state index is 0. The predicted octanol–water partition coefficient (Wildman–Crippen LogP) is 10.0. The van der Waals surface area contributed by atoms with Gasteiger partial charge in [0.2, 0.25) is 16.7 Å². The summed E-state index contributed by atoms with van der Waals surface area (Å²) < 4.78 is 4.53. The molecule has 19 aromatic rings. The molecule has 15 heterocycles. The summed E-state index contributed by atoms with van der Waals surface area (Å²) in [4.78, 5) is 107. The second kappa shape index (κ2) is 35.6. The third-order valence-corrected chi connectivity index (χ3v) is 15.0. The van der Waals surface area contributed by atoms with Gasteiger partial charge >= 0.3 is 0 Å². The van der Waals surface area contributed by atoms with Gasteiger partial charge in [-0.15, -0.1) is 48.5 Å². The zero-order valence-electron chi connectivity index (χ0n) is 51.9. The number of benzene rings is 4. The summed E-state index contributed by atoms with van der Waals surface area (Å²) in [5.41, 5.74) is 9.26. The Bertz CT molecular complexity index is 5760. The third kappa shape index (κ3) is 16.1. The predicted molar refractivity (Wildman–Crippen MR) is 360 cm³/mol. The van der Waals surface area contributed by atoms with Gasteiger partial charge in [0.25, 0.3) is 0 Å². The second-order valence-electron chi connectivity index (χ2n) is 20.6. The fraction of sp³-hybridized carbons (Fsp3) is 0.0278. The first-order valence-electron chi connectivity index (χ1n) is 29.0. The molecule has 4 aromatic carbocycles. The van der Waals surface area contributed by atoms with Crippen LogP contribution in [0.15, 0.2) is 235 Å². The van der Waals surface area contributed by atoms with Crippen molar-refractivity contribution in [3.63, 3.8) is 0 Å². The van der Waals surface area contributed by atoms with E-state index in [0.717, 1.165) is 81.9 Å². The van der Waals surface area contributed by atoms with Gasteiger partial charge in [-0.05, 0) is 86.5 Å². The number of para-hydroxylation sites is 1. The minimum atomic E-state index is -0.212. The first-order valence-corrected chi connectivity index (χ1v) is 29.0. The van der Waals surface area contributed by atoms with Crippen LogP contribution in [0.25, 0.3) is 137 Å². The minimum Gasteiger partial charge on any atom is -0.352 e. The third-order valence-electron chi connectivity index (χ3n) is 15.0. The SMILES string of the molecule is Cn1c(=O)c2cccnc2c2[c-]ccnc21.Cn1c(=O)c2cncnc2c2[c-]ccnc21.O=c1c2cncnc2c2[c-]ncnc2n1-c1ccccc1.[Ir].[Ir].[Ir].[Pt].[Pt].[Pt].[c-]1ccnc2ccc3cccnc3c12.[c-]1ccnc2ccc3cncnc3c12.[c-]1ncnc2ccc3cccnc3c12. The molecular formula is C72H42Ir3N20O3Pt3-6. The molecule has 0 saturated carbocycles. The van der Waals surface area contributed by atoms with E-state index in [2.05, 4.69) is 121 Å². The van der Waals surface area contributed by atoms with Crippen LogP contribution < -0.4 is 16.7 Å². The maximum atomic E-state index is 12.8. The van der Waals surface area contributed by atoms with Crippen molar-refractivity contribution in [1.82, 2.24) is 98.4 Å². The molecule has 101 heavy (non-hydrogen) atoms. The summed E-state index contributed by atoms with van der Waals surface area (Å²) in [5.74, 6) is 0. The van der Waals surface area contributed by atoms with Crippen LogP contribution in [0.1, 0.15) is 0 Å². The van der Waals surface area contributed by atoms with Crippen molar-refractivity contribution < 1.29 is 124 Å². The number of aryl methyl sites for hydroxylation is 2. The molecule has 23 nitrogen and oxygen atoms in total. The van der Waals surface area contributed by atoms with E-state index in [4.69, 9.17) is 0 Å². The molecular weight excluding hydrogens is 2350 g/mol. The van der Waals surface area contributed by atoms with Gasteiger partial charge in [0, 0.05) is 231 Å². The molecule has 0 bridgehead atoms. The quantitative estimate of drug-likeness (QED) is 0.109. The molecule has 0 aliphatic carbocycles. The Morgan fingerprint density at radius 3 is 1.33 bits per heavy atom. The van der Waals surface area contributed by atoms with E-state index in [9.17, 15) is 14.4 Å². The van der Waals surface area contributed by atoms with Crippen molar-refractivity contribution in [2.24, 2.45) is 14.1 Å². The van der Waals surface area contributed by atoms with Crippen LogP contribution in [0.4, 0.5) is 0 Å². The topological polar surface area (TPSA) is 285 Å². The number of nitrogens with zero attached hydrogens (tertiary/aromatic N) is 20. The standard InChI is InChI=1S/C15H8N5O.C12H8N3O.C12H7N2.C11H7N4O.2C11H6N3.3Ir.3Pt/c21-15-12-7-17-8-18-13(12)11-6-16-9-19-14(11)20(15)10-4-2-1-3-5-10;1-15-11-8(4-2-7-14-11)10-9(12(15)16)5-3-6-13-10;1-3-9-5-6-11-10(4-2-7-13-11)12(9)14-8-1;1-15-10-7(3-2-4-13-10)9-8(11(15)16)5-12-6-14-9;1-2-9-10(13-5-1)4-3-8-6-12-7-14-11(8)9;1-2-8-3-4-10-9(6-12-7-14-10)11(8)13-5-1;;;;;;/h1-5,7-9H;2-3,5-7H,1H3;1-3,5-8H;2,4-6H,1H3;1,3-7H;1-5,7H;;;;;;/q6*-1;;;;;;. The molecule has 0 aliphatic rings. The second-order valence-corrected chi connectivity index (χ2v) is 20.6. The Labute approximate surface area is 655 Å². The van der Waals surface area contributed by atoms with Crippen LogP contribution in [-0.2, 0) is 138 Å². The molecule has 0 fully saturated rings. The molecule has 0 aliphatic heterocycles. The molecule has 0 spiro atoms. The number of hydrogen-bond donors (Lipinski definition) is 0. The van der Waals surface area contributed by atoms with Crippen molar-refractivity contribution in [2.75, 3.05) is 0 Å². The largest absolute Gasteiger partial charge is 0.352 e. The van der Waals surface area contributed by atoms with Crippen LogP contribution in [-0.4, -0.2) is 98.4 Å². The van der Waals surface area contributed by atoms with Gasteiger partial charge in [0.05, 0.1) is 16.9 Å². The fourth-order valence-electron chi connectivity index (χ4n) is 10.6. The molecule has 15 aromatic heterocycles. The number of fused-ring (bicyclic) bond motifs is 18. The number of aromatic nitrogens is 20. The van der Waals surface area contributed by atoms with E-state index in [1.54, 1.807) is 100 Å². The van der Waals surface area contributed by atoms with Gasteiger partial charge in [-0.1, -0.05) is 130 Å². The van der Waals surface area contributed by atoms with Crippen LogP contribution in [0.2, 0.25) is 0 Å².